The summed E-state index contributed by atoms with van der Waals surface area (Å²) in [6.07, 6.45) is 2.52. The van der Waals surface area contributed by atoms with Crippen LogP contribution in [0.1, 0.15) is 23.1 Å². The molecule has 0 aliphatic carbocycles. The highest BCUT2D eigenvalue weighted by atomic mass is 127. The highest BCUT2D eigenvalue weighted by Gasteiger charge is 2.25. The van der Waals surface area contributed by atoms with E-state index < -0.39 is 0 Å². The maximum absolute atomic E-state index is 14.0. The molecule has 2 heterocycles. The van der Waals surface area contributed by atoms with Crippen LogP contribution in [-0.2, 0) is 24.5 Å². The number of hydrogen-bond donors (Lipinski definition) is 2. The summed E-state index contributed by atoms with van der Waals surface area (Å²) in [7, 11) is 1.76. The molecule has 1 aliphatic rings. The quantitative estimate of drug-likeness (QED) is 0.236. The number of aliphatic imine (C=N–C) groups is 1. The monoisotopic (exact) mass is 575 g/mol. The molecule has 8 heteroatoms. The van der Waals surface area contributed by atoms with Crippen LogP contribution >= 0.6 is 24.0 Å². The number of nitrogens with zero attached hydrogens (tertiary/aromatic N) is 3. The van der Waals surface area contributed by atoms with Crippen molar-refractivity contribution in [3.05, 3.63) is 95.4 Å². The fourth-order valence-corrected chi connectivity index (χ4v) is 3.94. The molecule has 0 spiro atoms. The zero-order valence-corrected chi connectivity index (χ0v) is 21.6. The van der Waals surface area contributed by atoms with E-state index in [1.54, 1.807) is 19.3 Å². The number of anilines is 1. The van der Waals surface area contributed by atoms with Gasteiger partial charge in [0.15, 0.2) is 17.6 Å². The summed E-state index contributed by atoms with van der Waals surface area (Å²) >= 11 is 0. The fourth-order valence-electron chi connectivity index (χ4n) is 3.94. The molecule has 180 valence electrons. The van der Waals surface area contributed by atoms with Gasteiger partial charge in [0, 0.05) is 38.9 Å². The topological polar surface area (TPSA) is 61.8 Å². The predicted molar refractivity (Wildman–Crippen MR) is 145 cm³/mol. The Balaban J connectivity index is 0.00000324. The third kappa shape index (κ3) is 7.39. The Morgan fingerprint density at radius 1 is 1.06 bits per heavy atom. The van der Waals surface area contributed by atoms with E-state index in [0.29, 0.717) is 32.1 Å². The van der Waals surface area contributed by atoms with Crippen LogP contribution in [0.3, 0.4) is 0 Å². The van der Waals surface area contributed by atoms with E-state index in [0.717, 1.165) is 30.1 Å². The van der Waals surface area contributed by atoms with Crippen molar-refractivity contribution in [1.29, 1.82) is 0 Å². The van der Waals surface area contributed by atoms with Crippen molar-refractivity contribution in [2.75, 3.05) is 25.0 Å². The average molecular weight is 575 g/mol. The van der Waals surface area contributed by atoms with Crippen molar-refractivity contribution in [1.82, 2.24) is 15.6 Å². The lowest BCUT2D eigenvalue weighted by Gasteiger charge is -2.20. The summed E-state index contributed by atoms with van der Waals surface area (Å²) in [5.74, 6) is 0.860. The van der Waals surface area contributed by atoms with E-state index in [-0.39, 0.29) is 35.8 Å². The molecule has 1 unspecified atom stereocenters. The first-order valence-electron chi connectivity index (χ1n) is 11.2. The molecule has 6 nitrogen and oxygen atoms in total. The molecule has 1 aliphatic heterocycles. The molecule has 0 amide bonds. The van der Waals surface area contributed by atoms with Crippen molar-refractivity contribution >= 4 is 35.8 Å². The molecule has 0 saturated carbocycles. The molecule has 1 atom stereocenters. The summed E-state index contributed by atoms with van der Waals surface area (Å²) in [6, 6.07) is 21.8. The largest absolute Gasteiger partial charge is 0.372 e. The third-order valence-corrected chi connectivity index (χ3v) is 5.62. The minimum atomic E-state index is -0.284. The van der Waals surface area contributed by atoms with Gasteiger partial charge >= 0.3 is 0 Å². The Morgan fingerprint density at radius 3 is 2.62 bits per heavy atom. The smallest absolute Gasteiger partial charge is 0.191 e. The molecule has 0 radical (unpaired) electrons. The zero-order valence-electron chi connectivity index (χ0n) is 19.3. The number of aromatic nitrogens is 1. The number of benzene rings is 2. The first kappa shape index (κ1) is 25.9. The van der Waals surface area contributed by atoms with Gasteiger partial charge in [0.25, 0.3) is 0 Å². The zero-order chi connectivity index (χ0) is 22.9. The third-order valence-electron chi connectivity index (χ3n) is 5.62. The van der Waals surface area contributed by atoms with Gasteiger partial charge in [-0.25, -0.2) is 9.37 Å². The summed E-state index contributed by atoms with van der Waals surface area (Å²) in [4.78, 5) is 10.5. The molecule has 2 N–H and O–H groups in total. The van der Waals surface area contributed by atoms with Gasteiger partial charge in [-0.2, -0.15) is 0 Å². The number of ether oxygens (including phenoxy) is 1. The maximum Gasteiger partial charge on any atom is 0.191 e. The normalized spacial score (nSPS) is 15.6. The molecule has 34 heavy (non-hydrogen) atoms. The molecule has 1 fully saturated rings. The summed E-state index contributed by atoms with van der Waals surface area (Å²) < 4.78 is 19.9. The fraction of sp³-hybridized carbons (Fsp3) is 0.308. The molecular formula is C26H31FIN5O. The second-order valence-electron chi connectivity index (χ2n) is 8.11. The van der Waals surface area contributed by atoms with Gasteiger partial charge in [0.1, 0.15) is 0 Å². The van der Waals surface area contributed by atoms with Gasteiger partial charge < -0.3 is 20.3 Å². The molecule has 3 aromatic rings. The number of guanidine groups is 1. The maximum atomic E-state index is 14.0. The standard InChI is InChI=1S/C26H30FN5O.HI/c1-28-26(31-23-12-14-32(17-23)25-24(27)11-6-13-29-25)30-16-21-9-5-10-22(15-21)19-33-18-20-7-3-2-4-8-20;/h2-11,13,15,23H,12,14,16-19H2,1H3,(H2,28,30,31);1H. The Bertz CT molecular complexity index is 1070. The van der Waals surface area contributed by atoms with Gasteiger partial charge in [0.05, 0.1) is 13.2 Å². The minimum absolute atomic E-state index is 0. The number of pyridine rings is 1. The van der Waals surface area contributed by atoms with Crippen LogP contribution in [0.5, 0.6) is 0 Å². The van der Waals surface area contributed by atoms with Crippen LogP contribution in [0.25, 0.3) is 0 Å². The molecule has 1 saturated heterocycles. The second-order valence-corrected chi connectivity index (χ2v) is 8.11. The van der Waals surface area contributed by atoms with Crippen molar-refractivity contribution in [3.63, 3.8) is 0 Å². The highest BCUT2D eigenvalue weighted by Crippen LogP contribution is 2.20. The first-order valence-corrected chi connectivity index (χ1v) is 11.2. The van der Waals surface area contributed by atoms with Crippen LogP contribution in [0.15, 0.2) is 77.9 Å². The lowest BCUT2D eigenvalue weighted by Crippen LogP contribution is -2.44. The minimum Gasteiger partial charge on any atom is -0.372 e. The van der Waals surface area contributed by atoms with E-state index in [1.165, 1.54) is 11.6 Å². The first-order chi connectivity index (χ1) is 16.2. The van der Waals surface area contributed by atoms with Gasteiger partial charge in [-0.05, 0) is 35.2 Å². The SMILES string of the molecule is CN=C(NCc1cccc(COCc2ccccc2)c1)NC1CCN(c2ncccc2F)C1.I. The van der Waals surface area contributed by atoms with Crippen LogP contribution in [-0.4, -0.2) is 37.1 Å². The van der Waals surface area contributed by atoms with Gasteiger partial charge in [-0.15, -0.1) is 24.0 Å². The highest BCUT2D eigenvalue weighted by molar-refractivity contribution is 14.0. The Morgan fingerprint density at radius 2 is 1.82 bits per heavy atom. The van der Waals surface area contributed by atoms with E-state index in [9.17, 15) is 4.39 Å². The Hall–Kier alpha value is -2.72. The summed E-state index contributed by atoms with van der Waals surface area (Å²) in [6.45, 7) is 3.26. The van der Waals surface area contributed by atoms with Crippen LogP contribution in [0.4, 0.5) is 10.2 Å². The Labute approximate surface area is 217 Å². The molecule has 2 aromatic carbocycles. The average Bonchev–Trinajstić information content (AvgIpc) is 3.31. The van der Waals surface area contributed by atoms with E-state index >= 15 is 0 Å². The molecule has 1 aromatic heterocycles. The van der Waals surface area contributed by atoms with Gasteiger partial charge in [-0.3, -0.25) is 4.99 Å². The van der Waals surface area contributed by atoms with Gasteiger partial charge in [0.2, 0.25) is 0 Å². The Kier molecular flexibility index (Phi) is 10.1. The van der Waals surface area contributed by atoms with E-state index in [1.807, 2.05) is 29.2 Å². The van der Waals surface area contributed by atoms with Crippen molar-refractivity contribution in [2.45, 2.75) is 32.2 Å². The number of hydrogen-bond acceptors (Lipinski definition) is 4. The van der Waals surface area contributed by atoms with Crippen LogP contribution in [0, 0.1) is 5.82 Å². The number of halogens is 2. The van der Waals surface area contributed by atoms with Gasteiger partial charge in [-0.1, -0.05) is 54.6 Å². The lowest BCUT2D eigenvalue weighted by atomic mass is 10.1. The van der Waals surface area contributed by atoms with Crippen molar-refractivity contribution in [2.24, 2.45) is 4.99 Å². The lowest BCUT2D eigenvalue weighted by molar-refractivity contribution is 0.107. The molecule has 0 bridgehead atoms. The van der Waals surface area contributed by atoms with E-state index in [2.05, 4.69) is 50.9 Å². The van der Waals surface area contributed by atoms with Crippen LogP contribution in [0.2, 0.25) is 0 Å². The molecule has 4 rings (SSSR count). The summed E-state index contributed by atoms with van der Waals surface area (Å²) in [5, 5.41) is 6.82. The van der Waals surface area contributed by atoms with E-state index in [4.69, 9.17) is 4.74 Å². The summed E-state index contributed by atoms with van der Waals surface area (Å²) in [5.41, 5.74) is 3.46. The van der Waals surface area contributed by atoms with Crippen molar-refractivity contribution in [3.8, 4) is 0 Å². The molecular weight excluding hydrogens is 544 g/mol. The van der Waals surface area contributed by atoms with Crippen LogP contribution < -0.4 is 15.5 Å². The predicted octanol–water partition coefficient (Wildman–Crippen LogP) is 4.50. The number of nitrogens with one attached hydrogen (secondary N) is 2. The van der Waals surface area contributed by atoms with Crippen molar-refractivity contribution < 1.29 is 9.13 Å². The number of rotatable bonds is 8. The second kappa shape index (κ2) is 13.2.